The number of hydrogen-bond donors (Lipinski definition) is 0. The summed E-state index contributed by atoms with van der Waals surface area (Å²) in [4.78, 5) is 0. The minimum atomic E-state index is -0.161. The van der Waals surface area contributed by atoms with Gasteiger partial charge in [-0.25, -0.2) is 0 Å². The summed E-state index contributed by atoms with van der Waals surface area (Å²) in [5, 5.41) is 2.48. The Morgan fingerprint density at radius 1 is 0.527 bits per heavy atom. The molecule has 2 aliphatic rings. The van der Waals surface area contributed by atoms with Crippen molar-refractivity contribution >= 4 is 80.6 Å². The number of allylic oxidation sites excluding steroid dienone is 2. The third kappa shape index (κ3) is 5.62. The smallest absolute Gasteiger partial charge is 0.135 e. The van der Waals surface area contributed by atoms with E-state index >= 15 is 0 Å². The van der Waals surface area contributed by atoms with Gasteiger partial charge in [-0.2, -0.15) is 0 Å². The van der Waals surface area contributed by atoms with Gasteiger partial charge in [-0.15, -0.1) is 21.9 Å². The summed E-state index contributed by atoms with van der Waals surface area (Å²) >= 11 is 0. The zero-order chi connectivity index (χ0) is 37.2. The standard InChI is InChI=1S/C49H31B4NO/c50-41-28-35(46(51)48(53)47(41)52)26-34-14-8-21-44-45(34)39-19-9-18-37(49(39)55-44)33-13-7-12-31(25-33)29-10-6-11-30(24-29)32-22-23-43-40(27-32)38-17-4-5-20-42(38)54(43)36-15-2-1-3-16-36/h1-25,27-28,39,49H,26H2. The van der Waals surface area contributed by atoms with Crippen molar-refractivity contribution in [2.24, 2.45) is 0 Å². The number of hydrogen-bond acceptors (Lipinski definition) is 1. The Labute approximate surface area is 326 Å². The molecule has 8 radical (unpaired) electrons. The molecule has 6 heteroatoms. The summed E-state index contributed by atoms with van der Waals surface area (Å²) in [6.45, 7) is 0. The van der Waals surface area contributed by atoms with E-state index in [0.29, 0.717) is 28.3 Å². The number of rotatable bonds is 6. The predicted octanol–water partition coefficient (Wildman–Crippen LogP) is 7.38. The van der Waals surface area contributed by atoms with Gasteiger partial charge in [0.1, 0.15) is 43.2 Å². The highest BCUT2D eigenvalue weighted by Crippen LogP contribution is 2.48. The molecule has 0 saturated heterocycles. The first-order valence-corrected chi connectivity index (χ1v) is 18.6. The summed E-state index contributed by atoms with van der Waals surface area (Å²) in [6, 6.07) is 51.7. The second-order valence-corrected chi connectivity index (χ2v) is 14.5. The van der Waals surface area contributed by atoms with Crippen LogP contribution in [0.1, 0.15) is 28.2 Å². The van der Waals surface area contributed by atoms with Crippen molar-refractivity contribution < 1.29 is 4.74 Å². The quantitative estimate of drug-likeness (QED) is 0.166. The van der Waals surface area contributed by atoms with Gasteiger partial charge in [0, 0.05) is 33.5 Å². The van der Waals surface area contributed by atoms with Gasteiger partial charge in [0.25, 0.3) is 0 Å². The fraction of sp³-hybridized carbons (Fsp3) is 0.0612. The van der Waals surface area contributed by atoms with E-state index in [1.54, 1.807) is 0 Å². The van der Waals surface area contributed by atoms with Crippen LogP contribution in [0.2, 0.25) is 0 Å². The molecule has 1 aliphatic heterocycles. The van der Waals surface area contributed by atoms with Crippen LogP contribution in [0.25, 0.3) is 55.3 Å². The lowest BCUT2D eigenvalue weighted by atomic mass is 9.65. The molecule has 2 nitrogen and oxygen atoms in total. The second-order valence-electron chi connectivity index (χ2n) is 14.5. The number of nitrogens with zero attached hydrogens (tertiary/aromatic N) is 1. The van der Waals surface area contributed by atoms with Crippen LogP contribution in [0.15, 0.2) is 164 Å². The van der Waals surface area contributed by atoms with Crippen LogP contribution in [0.5, 0.6) is 5.75 Å². The van der Waals surface area contributed by atoms with E-state index in [0.717, 1.165) is 50.4 Å². The largest absolute Gasteiger partial charge is 0.484 e. The van der Waals surface area contributed by atoms with Crippen LogP contribution in [0.3, 0.4) is 0 Å². The molecule has 0 fully saturated rings. The summed E-state index contributed by atoms with van der Waals surface area (Å²) in [5.74, 6) is 0.929. The van der Waals surface area contributed by atoms with Crippen molar-refractivity contribution in [3.8, 4) is 33.7 Å². The Bertz CT molecular complexity index is 2890. The third-order valence-corrected chi connectivity index (χ3v) is 11.3. The molecule has 250 valence electrons. The SMILES string of the molecule is [B]c1cc(Cc2cccc3c2C2C=CC=C(c4cccc(-c5cccc(-c6ccc7c(c6)c6ccccc6n7-c6ccccc6)c5)c4)C2O3)c([B])c([B])c1[B]. The zero-order valence-corrected chi connectivity index (χ0v) is 30.1. The molecule has 2 atom stereocenters. The number of para-hydroxylation sites is 2. The van der Waals surface area contributed by atoms with Crippen LogP contribution in [0.4, 0.5) is 0 Å². The molecule has 55 heavy (non-hydrogen) atoms. The van der Waals surface area contributed by atoms with E-state index in [4.69, 9.17) is 36.1 Å². The lowest BCUT2D eigenvalue weighted by Gasteiger charge is -2.24. The van der Waals surface area contributed by atoms with Gasteiger partial charge < -0.3 is 9.30 Å². The second kappa shape index (κ2) is 13.3. The highest BCUT2D eigenvalue weighted by atomic mass is 16.5. The monoisotopic (exact) mass is 693 g/mol. The average molecular weight is 693 g/mol. The van der Waals surface area contributed by atoms with Gasteiger partial charge in [0.05, 0.1) is 11.0 Å². The van der Waals surface area contributed by atoms with Crippen molar-refractivity contribution in [1.82, 2.24) is 4.57 Å². The Morgan fingerprint density at radius 2 is 1.20 bits per heavy atom. The molecule has 0 spiro atoms. The van der Waals surface area contributed by atoms with Gasteiger partial charge in [0.15, 0.2) is 0 Å². The number of benzene rings is 7. The van der Waals surface area contributed by atoms with E-state index in [1.807, 2.05) is 12.1 Å². The minimum absolute atomic E-state index is 0.0469. The van der Waals surface area contributed by atoms with E-state index in [9.17, 15) is 0 Å². The van der Waals surface area contributed by atoms with Gasteiger partial charge in [-0.3, -0.25) is 0 Å². The van der Waals surface area contributed by atoms with Crippen LogP contribution >= 0.6 is 0 Å². The average Bonchev–Trinajstić information content (AvgIpc) is 3.79. The van der Waals surface area contributed by atoms with E-state index in [1.165, 1.54) is 32.9 Å². The molecule has 1 aromatic heterocycles. The van der Waals surface area contributed by atoms with Crippen molar-refractivity contribution in [2.45, 2.75) is 18.4 Å². The minimum Gasteiger partial charge on any atom is -0.484 e. The molecular weight excluding hydrogens is 662 g/mol. The number of aromatic nitrogens is 1. The Morgan fingerprint density at radius 3 is 2.00 bits per heavy atom. The number of fused-ring (bicyclic) bond motifs is 6. The van der Waals surface area contributed by atoms with Crippen LogP contribution in [0, 0.1) is 0 Å². The summed E-state index contributed by atoms with van der Waals surface area (Å²) in [6.07, 6.45) is 6.98. The molecule has 1 aliphatic carbocycles. The first-order chi connectivity index (χ1) is 26.9. The van der Waals surface area contributed by atoms with Crippen molar-refractivity contribution in [1.29, 1.82) is 0 Å². The molecule has 2 heterocycles. The maximum Gasteiger partial charge on any atom is 0.135 e. The van der Waals surface area contributed by atoms with E-state index < -0.39 is 0 Å². The van der Waals surface area contributed by atoms with Crippen molar-refractivity contribution in [3.05, 3.63) is 186 Å². The molecule has 0 saturated carbocycles. The lowest BCUT2D eigenvalue weighted by Crippen LogP contribution is -2.48. The fourth-order valence-corrected chi connectivity index (χ4v) is 8.61. The number of ether oxygens (including phenoxy) is 1. The third-order valence-electron chi connectivity index (χ3n) is 11.3. The molecule has 0 amide bonds. The van der Waals surface area contributed by atoms with Crippen LogP contribution in [-0.4, -0.2) is 42.1 Å². The molecule has 2 unspecified atom stereocenters. The van der Waals surface area contributed by atoms with Crippen LogP contribution in [-0.2, 0) is 6.42 Å². The van der Waals surface area contributed by atoms with Gasteiger partial charge in [0.2, 0.25) is 0 Å². The molecule has 0 bridgehead atoms. The normalized spacial score (nSPS) is 15.8. The maximum absolute atomic E-state index is 6.75. The van der Waals surface area contributed by atoms with Crippen molar-refractivity contribution in [2.75, 3.05) is 0 Å². The highest BCUT2D eigenvalue weighted by Gasteiger charge is 2.38. The van der Waals surface area contributed by atoms with E-state index in [2.05, 4.69) is 156 Å². The molecule has 10 rings (SSSR count). The van der Waals surface area contributed by atoms with E-state index in [-0.39, 0.29) is 12.0 Å². The summed E-state index contributed by atoms with van der Waals surface area (Å²) in [7, 11) is 24.9. The first-order valence-electron chi connectivity index (χ1n) is 18.6. The Hall–Kier alpha value is -6.12. The topological polar surface area (TPSA) is 14.2 Å². The zero-order valence-electron chi connectivity index (χ0n) is 30.1. The maximum atomic E-state index is 6.75. The predicted molar refractivity (Wildman–Crippen MR) is 233 cm³/mol. The van der Waals surface area contributed by atoms with Crippen molar-refractivity contribution in [3.63, 3.8) is 0 Å². The van der Waals surface area contributed by atoms with Gasteiger partial charge >= 0.3 is 0 Å². The Balaban J connectivity index is 0.967. The highest BCUT2D eigenvalue weighted by molar-refractivity contribution is 6.62. The first kappa shape index (κ1) is 33.4. The molecule has 8 aromatic rings. The van der Waals surface area contributed by atoms with Gasteiger partial charge in [-0.05, 0) is 88.3 Å². The summed E-state index contributed by atoms with van der Waals surface area (Å²) < 4.78 is 9.10. The molecule has 0 N–H and O–H groups in total. The molecular formula is C49H31B4NO. The molecule has 7 aromatic carbocycles. The lowest BCUT2D eigenvalue weighted by molar-refractivity contribution is 0.278. The summed E-state index contributed by atoms with van der Waals surface area (Å²) in [5.41, 5.74) is 15.2. The van der Waals surface area contributed by atoms with Crippen LogP contribution < -0.4 is 26.6 Å². The fourth-order valence-electron chi connectivity index (χ4n) is 8.61. The van der Waals surface area contributed by atoms with Gasteiger partial charge in [-0.1, -0.05) is 121 Å². The Kier molecular flexibility index (Phi) is 8.10.